The van der Waals surface area contributed by atoms with Gasteiger partial charge in [0.25, 0.3) is 0 Å². The summed E-state index contributed by atoms with van der Waals surface area (Å²) in [7, 11) is -32.5. The number of aromatic nitrogens is 4. The van der Waals surface area contributed by atoms with E-state index >= 15 is 0 Å². The molecule has 382 valence electrons. The maximum atomic E-state index is 12.9. The molecule has 0 aliphatic carbocycles. The van der Waals surface area contributed by atoms with Crippen LogP contribution < -0.4 is 28.6 Å². The van der Waals surface area contributed by atoms with Crippen LogP contribution in [0.5, 0.6) is 0 Å². The van der Waals surface area contributed by atoms with Gasteiger partial charge in [-0.25, -0.2) is 37.0 Å². The van der Waals surface area contributed by atoms with E-state index in [-0.39, 0.29) is 54.0 Å². The molecule has 0 bridgehead atoms. The second-order valence-corrected chi connectivity index (χ2v) is 24.2. The minimum Gasteiger partial charge on any atom is -0.382 e. The highest BCUT2D eigenvalue weighted by atomic mass is 33.1. The molecule has 2 fully saturated rings. The molecule has 4 heterocycles. The van der Waals surface area contributed by atoms with Crippen LogP contribution in [0.4, 0.5) is 11.6 Å². The van der Waals surface area contributed by atoms with E-state index in [1.165, 1.54) is 12.4 Å². The van der Waals surface area contributed by atoms with Crippen LogP contribution >= 0.6 is 68.5 Å². The van der Waals surface area contributed by atoms with Crippen molar-refractivity contribution in [3.05, 3.63) is 44.5 Å². The third-order valence-electron chi connectivity index (χ3n) is 8.05. The molecule has 10 atom stereocenters. The molecule has 0 radical (unpaired) electrons. The van der Waals surface area contributed by atoms with Crippen LogP contribution in [0.15, 0.2) is 22.0 Å². The summed E-state index contributed by atoms with van der Waals surface area (Å²) in [4.78, 5) is 108. The molecule has 0 amide bonds. The Morgan fingerprint density at radius 1 is 0.662 bits per heavy atom. The van der Waals surface area contributed by atoms with Crippen LogP contribution in [0, 0.1) is 23.7 Å². The third-order valence-corrected chi connectivity index (χ3v) is 17.4. The summed E-state index contributed by atoms with van der Waals surface area (Å²) in [6, 6.07) is 0. The number of nitrogens with two attached hydrogens (primary N) is 3. The summed E-state index contributed by atoms with van der Waals surface area (Å²) in [6.45, 7) is -0.280. The summed E-state index contributed by atoms with van der Waals surface area (Å²) >= 11 is 0. The van der Waals surface area contributed by atoms with Crippen molar-refractivity contribution in [2.24, 2.45) is 5.73 Å². The maximum absolute atomic E-state index is 12.9. The van der Waals surface area contributed by atoms with Gasteiger partial charge in [0.15, 0.2) is 0 Å². The standard InChI is InChI=1S/C27H41N7O26P6S2/c1-2-3-5-16-10-33(26(35)31-24(16)29)22-8-18(20(55-22)12-53-63(43,44)59-65(47,48)57-61(37,38)39)51-14-67-68-15-52-19-9-23(34-11-17(6-4-7-28)25(30)32-27(34)36)56-21(19)13-54-64(45,46)60-66(49,50)58-62(40,41)42/h10-11,18-23H,2,7-9,12-15,28H2,1H3,(H,43,44)(H,45,46)(H,47,48)(H,49,50)(H2,29,31,35)(H2,30,32,36)(H2,37,38,39)(H2,40,41,42)/t18-,19-,20-,21-,22-,23-/m1/s1. The average Bonchev–Trinajstić information content (AvgIpc) is 3.77. The third kappa shape index (κ3) is 19.1. The maximum Gasteiger partial charge on any atom is 0.490 e. The normalized spacial score (nSPS) is 24.4. The number of hydrogen-bond donors (Lipinski definition) is 11. The molecule has 0 spiro atoms. The zero-order chi connectivity index (χ0) is 50.9. The Kier molecular flexibility index (Phi) is 21.0. The molecule has 2 saturated heterocycles. The van der Waals surface area contributed by atoms with Crippen LogP contribution in [-0.2, 0) is 72.6 Å². The Morgan fingerprint density at radius 3 is 1.40 bits per heavy atom. The molecule has 4 rings (SSSR count). The summed E-state index contributed by atoms with van der Waals surface area (Å²) in [6.07, 6.45) is -5.03. The van der Waals surface area contributed by atoms with Gasteiger partial charge in [0.2, 0.25) is 0 Å². The molecular weight excluding hydrogens is 1090 g/mol. The highest BCUT2D eigenvalue weighted by molar-refractivity contribution is 8.76. The van der Waals surface area contributed by atoms with Gasteiger partial charge in [0.05, 0.1) is 43.1 Å². The van der Waals surface area contributed by atoms with Crippen molar-refractivity contribution in [3.8, 4) is 23.7 Å². The van der Waals surface area contributed by atoms with Crippen molar-refractivity contribution in [3.63, 3.8) is 0 Å². The molecule has 0 aromatic carbocycles. The van der Waals surface area contributed by atoms with Gasteiger partial charge in [0.1, 0.15) is 48.2 Å². The summed E-state index contributed by atoms with van der Waals surface area (Å²) < 4.78 is 121. The highest BCUT2D eigenvalue weighted by Crippen LogP contribution is 2.67. The average molecular weight is 1130 g/mol. The first-order valence-electron chi connectivity index (χ1n) is 18.2. The lowest BCUT2D eigenvalue weighted by Gasteiger charge is -2.21. The predicted octanol–water partition coefficient (Wildman–Crippen LogP) is 0.0647. The van der Waals surface area contributed by atoms with E-state index in [4.69, 9.17) is 64.8 Å². The van der Waals surface area contributed by atoms with Crippen LogP contribution in [0.2, 0.25) is 0 Å². The van der Waals surface area contributed by atoms with Crippen LogP contribution in [0.1, 0.15) is 49.8 Å². The predicted molar refractivity (Wildman–Crippen MR) is 230 cm³/mol. The Bertz CT molecular complexity index is 2500. The molecule has 0 saturated carbocycles. The van der Waals surface area contributed by atoms with Crippen LogP contribution in [0.3, 0.4) is 0 Å². The topological polar surface area (TPSA) is 504 Å². The number of nitrogen functional groups attached to an aromatic ring is 2. The largest absolute Gasteiger partial charge is 0.490 e. The SMILES string of the molecule is CCC#Cc1cn([C@H]2C[C@@H](OCSSCO[C@@H]3C[C@H](n4cc(C#CCN)c(N)nc4=O)O[C@@H]3COP(=O)(O)OP(=O)(O)OP(=O)(O)O)[C@@H](COP(=O)(O)OP(=O)(O)OP(=O)(O)O)O2)c(=O)nc1N. The lowest BCUT2D eigenvalue weighted by atomic mass is 10.2. The van der Waals surface area contributed by atoms with Crippen molar-refractivity contribution in [1.82, 2.24) is 19.1 Å². The van der Waals surface area contributed by atoms with E-state index in [9.17, 15) is 56.6 Å². The van der Waals surface area contributed by atoms with Crippen molar-refractivity contribution in [2.75, 3.05) is 43.1 Å². The number of phosphoric ester groups is 2. The Morgan fingerprint density at radius 2 is 1.04 bits per heavy atom. The fourth-order valence-corrected chi connectivity index (χ4v) is 12.9. The van der Waals surface area contributed by atoms with Gasteiger partial charge in [-0.3, -0.25) is 18.2 Å². The van der Waals surface area contributed by atoms with Gasteiger partial charge in [0, 0.05) is 31.7 Å². The second kappa shape index (κ2) is 24.5. The van der Waals surface area contributed by atoms with Crippen molar-refractivity contribution in [2.45, 2.75) is 63.1 Å². The van der Waals surface area contributed by atoms with Gasteiger partial charge in [-0.05, 0) is 0 Å². The van der Waals surface area contributed by atoms with Crippen molar-refractivity contribution >= 4 is 80.2 Å². The van der Waals surface area contributed by atoms with Gasteiger partial charge in [-0.1, -0.05) is 52.2 Å². The number of phosphoric acid groups is 6. The molecule has 2 aliphatic heterocycles. The highest BCUT2D eigenvalue weighted by Gasteiger charge is 2.45. The fraction of sp³-hybridized carbons (Fsp3) is 0.556. The van der Waals surface area contributed by atoms with Crippen LogP contribution in [0.25, 0.3) is 0 Å². The summed E-state index contributed by atoms with van der Waals surface area (Å²) in [5.41, 5.74) is 15.4. The summed E-state index contributed by atoms with van der Waals surface area (Å²) in [5.74, 6) is 9.73. The fourth-order valence-electron chi connectivity index (χ4n) is 5.53. The van der Waals surface area contributed by atoms with E-state index in [1.807, 2.05) is 0 Å². The first-order valence-corrected chi connectivity index (χ1v) is 29.7. The Labute approximate surface area is 389 Å². The smallest absolute Gasteiger partial charge is 0.382 e. The lowest BCUT2D eigenvalue weighted by molar-refractivity contribution is -0.0546. The molecule has 41 heteroatoms. The lowest BCUT2D eigenvalue weighted by Crippen LogP contribution is -2.30. The van der Waals surface area contributed by atoms with E-state index in [1.54, 1.807) is 6.92 Å². The Hall–Kier alpha value is -2.20. The minimum absolute atomic E-state index is 0.0678. The molecule has 2 aromatic heterocycles. The molecule has 68 heavy (non-hydrogen) atoms. The quantitative estimate of drug-likeness (QED) is 0.0230. The molecule has 14 N–H and O–H groups in total. The van der Waals surface area contributed by atoms with E-state index < -0.39 is 108 Å². The number of anilines is 2. The summed E-state index contributed by atoms with van der Waals surface area (Å²) in [5, 5.41) is 0. The van der Waals surface area contributed by atoms with Crippen molar-refractivity contribution < 1.29 is 112 Å². The zero-order valence-electron chi connectivity index (χ0n) is 34.2. The number of rotatable bonds is 23. The molecular formula is C27H41N7O26P6S2. The van der Waals surface area contributed by atoms with Crippen LogP contribution in [-0.4, -0.2) is 114 Å². The van der Waals surface area contributed by atoms with Gasteiger partial charge >= 0.3 is 58.3 Å². The number of nitrogens with zero attached hydrogens (tertiary/aromatic N) is 4. The second-order valence-electron chi connectivity index (χ2n) is 13.0. The van der Waals surface area contributed by atoms with E-state index in [0.29, 0.717) is 6.42 Å². The Balaban J connectivity index is 1.46. The van der Waals surface area contributed by atoms with E-state index in [2.05, 4.69) is 50.9 Å². The monoisotopic (exact) mass is 1130 g/mol. The minimum atomic E-state index is -5.89. The molecule has 4 unspecified atom stereocenters. The van der Waals surface area contributed by atoms with Gasteiger partial charge in [-0.15, -0.1) is 0 Å². The molecule has 33 nitrogen and oxygen atoms in total. The first kappa shape index (κ1) is 58.4. The van der Waals surface area contributed by atoms with Gasteiger partial charge in [-0.2, -0.15) is 27.2 Å². The zero-order valence-corrected chi connectivity index (χ0v) is 41.2. The van der Waals surface area contributed by atoms with Crippen molar-refractivity contribution in [1.29, 1.82) is 0 Å². The molecule has 2 aromatic rings. The molecule has 2 aliphatic rings. The van der Waals surface area contributed by atoms with E-state index in [0.717, 1.165) is 30.7 Å². The van der Waals surface area contributed by atoms with Gasteiger partial charge < -0.3 is 75.3 Å². The first-order chi connectivity index (χ1) is 31.4. The number of ether oxygens (including phenoxy) is 4. The number of hydrogen-bond acceptors (Lipinski definition) is 25.